The first-order chi connectivity index (χ1) is 21.7. The Morgan fingerprint density at radius 2 is 1.87 bits per heavy atom. The van der Waals surface area contributed by atoms with Crippen molar-refractivity contribution in [3.05, 3.63) is 53.1 Å². The van der Waals surface area contributed by atoms with Crippen molar-refractivity contribution in [1.29, 1.82) is 0 Å². The van der Waals surface area contributed by atoms with Crippen LogP contribution < -0.4 is 14.8 Å². The summed E-state index contributed by atoms with van der Waals surface area (Å²) in [5, 5.41) is 33.5. The first-order valence-electron chi connectivity index (χ1n) is 16.3. The summed E-state index contributed by atoms with van der Waals surface area (Å²) < 4.78 is 16.6. The molecule has 246 valence electrons. The summed E-state index contributed by atoms with van der Waals surface area (Å²) in [6.45, 7) is 4.96. The van der Waals surface area contributed by atoms with Gasteiger partial charge in [0.15, 0.2) is 23.0 Å². The summed E-state index contributed by atoms with van der Waals surface area (Å²) in [4.78, 5) is 25.9. The Labute approximate surface area is 266 Å². The summed E-state index contributed by atoms with van der Waals surface area (Å²) in [6, 6.07) is 8.71. The number of fused-ring (bicyclic) bond motifs is 2. The van der Waals surface area contributed by atoms with Gasteiger partial charge in [0.2, 0.25) is 0 Å². The molecule has 4 rings (SSSR count). The highest BCUT2D eigenvalue weighted by molar-refractivity contribution is 5.82. The van der Waals surface area contributed by atoms with Crippen LogP contribution in [0.3, 0.4) is 0 Å². The number of nitrogens with one attached hydrogen (secondary N) is 1. The fraction of sp³-hybridized carbons (Fsp3) is 0.556. The lowest BCUT2D eigenvalue weighted by Crippen LogP contribution is -2.27. The molecule has 1 saturated carbocycles. The molecule has 0 bridgehead atoms. The number of hydrogen-bond acceptors (Lipinski definition) is 9. The minimum absolute atomic E-state index is 0.0210. The van der Waals surface area contributed by atoms with Crippen LogP contribution in [-0.2, 0) is 20.7 Å². The van der Waals surface area contributed by atoms with E-state index in [1.165, 1.54) is 13.0 Å². The highest BCUT2D eigenvalue weighted by Gasteiger charge is 2.38. The Balaban J connectivity index is 1.57. The monoisotopic (exact) mass is 623 g/mol. The SMILES string of the molecule is CCCNCC1=C[C@H]2CCCC[C@@H]2[C@@H](CC(=O)C[C@@H](CCc2ccc(O)c(OCCO)c2)OC(C)=O)c2cc(OC)c(O)cc21. The molecule has 0 unspecified atom stereocenters. The molecule has 9 heteroatoms. The maximum atomic E-state index is 13.9. The lowest BCUT2D eigenvalue weighted by molar-refractivity contribution is -0.147. The number of aliphatic hydroxyl groups is 1. The zero-order valence-electron chi connectivity index (χ0n) is 26.8. The van der Waals surface area contributed by atoms with E-state index in [2.05, 4.69) is 18.3 Å². The van der Waals surface area contributed by atoms with Gasteiger partial charge in [0, 0.05) is 26.3 Å². The van der Waals surface area contributed by atoms with Gasteiger partial charge in [0.1, 0.15) is 18.5 Å². The van der Waals surface area contributed by atoms with Crippen molar-refractivity contribution < 1.29 is 39.1 Å². The molecule has 2 aliphatic rings. The van der Waals surface area contributed by atoms with E-state index in [1.54, 1.807) is 25.3 Å². The Hall–Kier alpha value is -3.56. The number of aliphatic hydroxyl groups excluding tert-OH is 1. The molecule has 0 spiro atoms. The van der Waals surface area contributed by atoms with Crippen molar-refractivity contribution in [2.45, 2.75) is 83.7 Å². The van der Waals surface area contributed by atoms with Crippen molar-refractivity contribution >= 4 is 17.3 Å². The van der Waals surface area contributed by atoms with E-state index in [-0.39, 0.29) is 54.5 Å². The van der Waals surface area contributed by atoms with E-state index in [9.17, 15) is 19.8 Å². The van der Waals surface area contributed by atoms with Gasteiger partial charge >= 0.3 is 5.97 Å². The minimum Gasteiger partial charge on any atom is -0.504 e. The predicted molar refractivity (Wildman–Crippen MR) is 173 cm³/mol. The highest BCUT2D eigenvalue weighted by atomic mass is 16.5. The van der Waals surface area contributed by atoms with Crippen LogP contribution >= 0.6 is 0 Å². The highest BCUT2D eigenvalue weighted by Crippen LogP contribution is 2.50. The van der Waals surface area contributed by atoms with Gasteiger partial charge in [-0.05, 0) is 103 Å². The summed E-state index contributed by atoms with van der Waals surface area (Å²) in [5.74, 6) is 0.871. The van der Waals surface area contributed by atoms with E-state index in [1.807, 2.05) is 6.07 Å². The van der Waals surface area contributed by atoms with Crippen LogP contribution in [0.15, 0.2) is 36.4 Å². The van der Waals surface area contributed by atoms with Gasteiger partial charge < -0.3 is 34.8 Å². The molecule has 2 aromatic carbocycles. The number of aryl methyl sites for hydroxylation is 1. The summed E-state index contributed by atoms with van der Waals surface area (Å²) >= 11 is 0. The molecule has 1 fully saturated rings. The number of benzene rings is 2. The van der Waals surface area contributed by atoms with Gasteiger partial charge in [-0.3, -0.25) is 9.59 Å². The second-order valence-electron chi connectivity index (χ2n) is 12.3. The van der Waals surface area contributed by atoms with Gasteiger partial charge in [-0.2, -0.15) is 0 Å². The zero-order valence-corrected chi connectivity index (χ0v) is 26.8. The smallest absolute Gasteiger partial charge is 0.302 e. The molecule has 45 heavy (non-hydrogen) atoms. The number of hydrogen-bond donors (Lipinski definition) is 4. The van der Waals surface area contributed by atoms with Crippen molar-refractivity contribution in [1.82, 2.24) is 5.32 Å². The molecule has 0 saturated heterocycles. The average molecular weight is 624 g/mol. The third-order valence-corrected chi connectivity index (χ3v) is 9.01. The number of carbonyl (C=O) groups is 2. The number of phenolic OH excluding ortho intramolecular Hbond substituents is 2. The molecule has 0 heterocycles. The maximum absolute atomic E-state index is 13.9. The number of aromatic hydroxyl groups is 2. The summed E-state index contributed by atoms with van der Waals surface area (Å²) in [7, 11) is 1.54. The lowest BCUT2D eigenvalue weighted by Gasteiger charge is -2.35. The molecular weight excluding hydrogens is 574 g/mol. The van der Waals surface area contributed by atoms with Gasteiger partial charge in [0.05, 0.1) is 13.7 Å². The molecule has 0 radical (unpaired) electrons. The quantitative estimate of drug-likeness (QED) is 0.138. The zero-order chi connectivity index (χ0) is 32.3. The third-order valence-electron chi connectivity index (χ3n) is 9.01. The van der Waals surface area contributed by atoms with Crippen molar-refractivity contribution in [2.24, 2.45) is 11.8 Å². The number of allylic oxidation sites excluding steroid dienone is 1. The van der Waals surface area contributed by atoms with Crippen molar-refractivity contribution in [2.75, 3.05) is 33.4 Å². The summed E-state index contributed by atoms with van der Waals surface area (Å²) in [6.07, 6.45) is 8.49. The van der Waals surface area contributed by atoms with Gasteiger partial charge in [-0.1, -0.05) is 31.9 Å². The number of Topliss-reactive ketones (excluding diaryl/α,β-unsaturated/α-hetero) is 1. The lowest BCUT2D eigenvalue weighted by atomic mass is 9.69. The molecule has 0 aliphatic heterocycles. The largest absolute Gasteiger partial charge is 0.504 e. The molecule has 2 aromatic rings. The topological polar surface area (TPSA) is 135 Å². The van der Waals surface area contributed by atoms with E-state index < -0.39 is 12.1 Å². The molecule has 4 atom stereocenters. The number of esters is 1. The fourth-order valence-corrected chi connectivity index (χ4v) is 6.95. The number of carbonyl (C=O) groups excluding carboxylic acids is 2. The van der Waals surface area contributed by atoms with Gasteiger partial charge in [0.25, 0.3) is 0 Å². The number of ketones is 1. The number of rotatable bonds is 16. The Kier molecular flexibility index (Phi) is 12.7. The average Bonchev–Trinajstić information content (AvgIpc) is 3.13. The standard InChI is InChI=1S/C36H49NO8/c1-4-13-37-22-26-17-25-7-5-6-8-29(25)31(32-21-35(43-3)34(42)20-30(26)32)19-27(40)18-28(45-23(2)39)11-9-24-10-12-33(41)36(16-24)44-15-14-38/h10,12,16-17,20-21,25,28-29,31,37-38,41-42H,4-9,11,13-15,18-19,22H2,1-3H3/t25-,28-,29+,31-/m1/s1. The Morgan fingerprint density at radius 3 is 2.60 bits per heavy atom. The molecular formula is C36H49NO8. The van der Waals surface area contributed by atoms with E-state index in [0.717, 1.165) is 60.9 Å². The van der Waals surface area contributed by atoms with Crippen LogP contribution in [0.1, 0.15) is 87.8 Å². The second-order valence-corrected chi connectivity index (χ2v) is 12.3. The van der Waals surface area contributed by atoms with Gasteiger partial charge in [-0.25, -0.2) is 0 Å². The first kappa shape index (κ1) is 34.3. The van der Waals surface area contributed by atoms with Crippen LogP contribution in [0, 0.1) is 11.8 Å². The van der Waals surface area contributed by atoms with Crippen LogP contribution in [0.25, 0.3) is 5.57 Å². The molecule has 2 aliphatic carbocycles. The summed E-state index contributed by atoms with van der Waals surface area (Å²) in [5.41, 5.74) is 4.00. The predicted octanol–water partition coefficient (Wildman–Crippen LogP) is 5.68. The minimum atomic E-state index is -0.598. The van der Waals surface area contributed by atoms with Crippen LogP contribution in [-0.4, -0.2) is 66.6 Å². The Morgan fingerprint density at radius 1 is 1.07 bits per heavy atom. The Bertz CT molecular complexity index is 1340. The number of ether oxygens (including phenoxy) is 3. The molecule has 0 aromatic heterocycles. The normalized spacial score (nSPS) is 19.8. The van der Waals surface area contributed by atoms with E-state index >= 15 is 0 Å². The molecule has 9 nitrogen and oxygen atoms in total. The van der Waals surface area contributed by atoms with E-state index in [0.29, 0.717) is 37.5 Å². The van der Waals surface area contributed by atoms with Crippen molar-refractivity contribution in [3.8, 4) is 23.0 Å². The van der Waals surface area contributed by atoms with E-state index in [4.69, 9.17) is 19.3 Å². The van der Waals surface area contributed by atoms with Gasteiger partial charge in [-0.15, -0.1) is 0 Å². The molecule has 0 amide bonds. The third kappa shape index (κ3) is 9.23. The number of phenols is 2. The van der Waals surface area contributed by atoms with Crippen molar-refractivity contribution in [3.63, 3.8) is 0 Å². The second kappa shape index (κ2) is 16.7. The number of methoxy groups -OCH3 is 1. The van der Waals surface area contributed by atoms with Crippen LogP contribution in [0.4, 0.5) is 0 Å². The maximum Gasteiger partial charge on any atom is 0.302 e. The van der Waals surface area contributed by atoms with Crippen LogP contribution in [0.2, 0.25) is 0 Å². The fourth-order valence-electron chi connectivity index (χ4n) is 6.95. The molecule has 4 N–H and O–H groups in total. The first-order valence-corrected chi connectivity index (χ1v) is 16.3. The van der Waals surface area contributed by atoms with Crippen LogP contribution in [0.5, 0.6) is 23.0 Å².